The van der Waals surface area contributed by atoms with Gasteiger partial charge in [0.15, 0.2) is 16.9 Å². The molecule has 0 unspecified atom stereocenters. The molecule has 2 aliphatic rings. The van der Waals surface area contributed by atoms with Gasteiger partial charge in [0, 0.05) is 0 Å². The van der Waals surface area contributed by atoms with Crippen molar-refractivity contribution >= 4 is 16.9 Å². The maximum atomic E-state index is 13.8. The third kappa shape index (κ3) is 9.60. The van der Waals surface area contributed by atoms with Crippen LogP contribution in [0.3, 0.4) is 0 Å². The molecule has 4 aromatic rings. The van der Waals surface area contributed by atoms with E-state index >= 15 is 0 Å². The molecule has 2 fully saturated rings. The first-order chi connectivity index (χ1) is 27.4. The Morgan fingerprint density at radius 2 is 0.712 bits per heavy atom. The molecule has 2 heterocycles. The second kappa shape index (κ2) is 16.8. The van der Waals surface area contributed by atoms with E-state index in [1.807, 2.05) is 0 Å². The quantitative estimate of drug-likeness (QED) is 0.123. The molecule has 2 aliphatic heterocycles. The van der Waals surface area contributed by atoms with Gasteiger partial charge in [-0.15, -0.1) is 0 Å². The Bertz CT molecular complexity index is 1960. The largest absolute Gasteiger partial charge is 0.416 e. The molecule has 320 valence electrons. The average molecular weight is 885 g/mol. The third-order valence-corrected chi connectivity index (χ3v) is 14.3. The van der Waals surface area contributed by atoms with Gasteiger partial charge in [-0.2, -0.15) is 52.7 Å². The lowest BCUT2D eigenvalue weighted by molar-refractivity contribution is -0.138. The Kier molecular flexibility index (Phi) is 12.9. The van der Waals surface area contributed by atoms with Crippen LogP contribution in [0.4, 0.5) is 52.7 Å². The van der Waals surface area contributed by atoms with E-state index in [0.29, 0.717) is 0 Å². The Morgan fingerprint density at radius 1 is 0.458 bits per heavy atom. The first-order valence-corrected chi connectivity index (χ1v) is 20.2. The molecule has 6 nitrogen and oxygen atoms in total. The van der Waals surface area contributed by atoms with Crippen molar-refractivity contribution in [2.24, 2.45) is 0 Å². The normalized spacial score (nSPS) is 23.1. The lowest BCUT2D eigenvalue weighted by Crippen LogP contribution is -2.22. The number of benzene rings is 4. The minimum atomic E-state index is -4.69. The van der Waals surface area contributed by atoms with E-state index in [1.54, 1.807) is 53.8 Å². The minimum Gasteiger partial charge on any atom is -0.329 e. The van der Waals surface area contributed by atoms with Crippen molar-refractivity contribution in [1.82, 2.24) is 18.7 Å². The van der Waals surface area contributed by atoms with Gasteiger partial charge in [0.1, 0.15) is 0 Å². The maximum Gasteiger partial charge on any atom is 0.416 e. The molecule has 5 atom stereocenters. The third-order valence-electron chi connectivity index (χ3n) is 10.2. The average Bonchev–Trinajstić information content (AvgIpc) is 3.55. The van der Waals surface area contributed by atoms with Gasteiger partial charge in [-0.05, 0) is 106 Å². The summed E-state index contributed by atoms with van der Waals surface area (Å²) in [5, 5.41) is 0. The number of rotatable bonds is 9. The summed E-state index contributed by atoms with van der Waals surface area (Å²) in [6, 6.07) is 14.6. The van der Waals surface area contributed by atoms with Gasteiger partial charge >= 0.3 is 24.7 Å². The van der Waals surface area contributed by atoms with Crippen LogP contribution in [0.2, 0.25) is 0 Å². The predicted octanol–water partition coefficient (Wildman–Crippen LogP) is 12.7. The van der Waals surface area contributed by atoms with Gasteiger partial charge < -0.3 is 9.05 Å². The highest BCUT2D eigenvalue weighted by atomic mass is 31.2. The van der Waals surface area contributed by atoms with Crippen molar-refractivity contribution in [3.8, 4) is 0 Å². The van der Waals surface area contributed by atoms with Crippen molar-refractivity contribution in [2.45, 2.75) is 61.9 Å². The van der Waals surface area contributed by atoms with Gasteiger partial charge in [-0.3, -0.25) is 0 Å². The van der Waals surface area contributed by atoms with E-state index in [-0.39, 0.29) is 28.9 Å². The van der Waals surface area contributed by atoms with Crippen LogP contribution in [-0.4, -0.2) is 59.6 Å². The standard InChI is InChI=1S/C39H38F12N4O2P2/c1-23(57-59-54(4)34(26-12-8-16-30(20-26)38(46,47)48)35(55(59)5)27-13-9-17-31(21-27)39(49,50)51)22-56-58-52(2)32(24-10-6-14-28(18-24)36(40,41)42)33(53(58)3)25-11-7-15-29(19-25)37(43,44)45/h6-21,23,32-35H,22H2,1-5H3/t23-,32+,33+,34+,35+/m0/s1. The molecule has 0 saturated carbocycles. The zero-order valence-electron chi connectivity index (χ0n) is 31.9. The molecule has 0 radical (unpaired) electrons. The number of alkyl halides is 12. The molecule has 6 rings (SSSR count). The molecule has 0 bridgehead atoms. The van der Waals surface area contributed by atoms with E-state index in [2.05, 4.69) is 0 Å². The van der Waals surface area contributed by atoms with Gasteiger partial charge in [-0.1, -0.05) is 48.5 Å². The molecule has 0 spiro atoms. The number of hydrogen-bond acceptors (Lipinski definition) is 6. The smallest absolute Gasteiger partial charge is 0.329 e. The van der Waals surface area contributed by atoms with E-state index in [0.717, 1.165) is 48.5 Å². The summed E-state index contributed by atoms with van der Waals surface area (Å²) in [6.45, 7) is 1.48. The minimum absolute atomic E-state index is 0.159. The SMILES string of the molecule is C[C@@H](COP1N(C)[C@H](c2cccc(C(F)(F)F)c2)[C@@H](c2cccc(C(F)(F)F)c2)N1C)OP1N(C)[C@H](c2cccc(C(F)(F)F)c2)[C@@H](c2cccc(C(F)(F)F)c2)N1C. The van der Waals surface area contributed by atoms with Crippen LogP contribution in [0.5, 0.6) is 0 Å². The zero-order chi connectivity index (χ0) is 43.4. The number of likely N-dealkylation sites (N-methyl/N-ethyl adjacent to an activating group) is 4. The summed E-state index contributed by atoms with van der Waals surface area (Å²) in [5.74, 6) is 0. The molecular weight excluding hydrogens is 846 g/mol. The van der Waals surface area contributed by atoms with E-state index in [4.69, 9.17) is 9.05 Å². The van der Waals surface area contributed by atoms with Gasteiger partial charge in [-0.25, -0.2) is 18.7 Å². The fourth-order valence-electron chi connectivity index (χ4n) is 7.57. The van der Waals surface area contributed by atoms with Crippen LogP contribution in [0.1, 0.15) is 75.6 Å². The van der Waals surface area contributed by atoms with Crippen molar-refractivity contribution in [3.05, 3.63) is 142 Å². The van der Waals surface area contributed by atoms with Gasteiger partial charge in [0.05, 0.1) is 59.1 Å². The highest BCUT2D eigenvalue weighted by Crippen LogP contribution is 2.65. The van der Waals surface area contributed by atoms with Crippen molar-refractivity contribution in [3.63, 3.8) is 0 Å². The fourth-order valence-corrected chi connectivity index (χ4v) is 11.7. The van der Waals surface area contributed by atoms with E-state index < -0.39 is 94.1 Å². The number of nitrogens with zero attached hydrogens (tertiary/aromatic N) is 4. The molecular formula is C39H38F12N4O2P2. The first-order valence-electron chi connectivity index (χ1n) is 17.9. The summed E-state index contributed by atoms with van der Waals surface area (Å²) >= 11 is 0. The monoisotopic (exact) mass is 884 g/mol. The van der Waals surface area contributed by atoms with Crippen LogP contribution in [0, 0.1) is 0 Å². The van der Waals surface area contributed by atoms with Crippen LogP contribution in [-0.2, 0) is 33.8 Å². The highest BCUT2D eigenvalue weighted by molar-refractivity contribution is 7.48. The Balaban J connectivity index is 1.28. The second-order valence-electron chi connectivity index (χ2n) is 14.3. The van der Waals surface area contributed by atoms with Gasteiger partial charge in [0.2, 0.25) is 0 Å². The number of halogens is 12. The summed E-state index contributed by atoms with van der Waals surface area (Å²) in [6.07, 6.45) is -19.6. The van der Waals surface area contributed by atoms with Crippen LogP contribution in [0.15, 0.2) is 97.1 Å². The highest BCUT2D eigenvalue weighted by Gasteiger charge is 2.50. The molecule has 0 aromatic heterocycles. The molecule has 0 aliphatic carbocycles. The Labute approximate surface area is 335 Å². The molecule has 20 heteroatoms. The van der Waals surface area contributed by atoms with Crippen molar-refractivity contribution < 1.29 is 61.7 Å². The molecule has 0 N–H and O–H groups in total. The molecule has 59 heavy (non-hydrogen) atoms. The lowest BCUT2D eigenvalue weighted by atomic mass is 9.91. The lowest BCUT2D eigenvalue weighted by Gasteiger charge is -2.30. The van der Waals surface area contributed by atoms with E-state index in [9.17, 15) is 52.7 Å². The summed E-state index contributed by atoms with van der Waals surface area (Å²) in [4.78, 5) is 0. The molecule has 4 aromatic carbocycles. The number of hydrogen-bond donors (Lipinski definition) is 0. The van der Waals surface area contributed by atoms with Crippen molar-refractivity contribution in [2.75, 3.05) is 34.8 Å². The maximum absolute atomic E-state index is 13.8. The van der Waals surface area contributed by atoms with E-state index in [1.165, 1.54) is 48.5 Å². The van der Waals surface area contributed by atoms with Gasteiger partial charge in [0.25, 0.3) is 0 Å². The Hall–Kier alpha value is -3.34. The molecule has 0 amide bonds. The summed E-state index contributed by atoms with van der Waals surface area (Å²) < 4.78 is 186. The molecule has 2 saturated heterocycles. The van der Waals surface area contributed by atoms with Crippen molar-refractivity contribution in [1.29, 1.82) is 0 Å². The summed E-state index contributed by atoms with van der Waals surface area (Å²) in [5.41, 5.74) is -3.00. The topological polar surface area (TPSA) is 31.4 Å². The fraction of sp³-hybridized carbons (Fsp3) is 0.385. The van der Waals surface area contributed by atoms with Crippen LogP contribution in [0.25, 0.3) is 0 Å². The van der Waals surface area contributed by atoms with Crippen LogP contribution >= 0.6 is 16.9 Å². The predicted molar refractivity (Wildman–Crippen MR) is 198 cm³/mol. The van der Waals surface area contributed by atoms with Crippen LogP contribution < -0.4 is 0 Å². The summed E-state index contributed by atoms with van der Waals surface area (Å²) in [7, 11) is 2.62. The first kappa shape index (κ1) is 45.2. The second-order valence-corrected chi connectivity index (χ2v) is 18.3. The zero-order valence-corrected chi connectivity index (χ0v) is 33.7. The Morgan fingerprint density at radius 3 is 0.966 bits per heavy atom.